The van der Waals surface area contributed by atoms with E-state index < -0.39 is 5.97 Å². The third-order valence-electron chi connectivity index (χ3n) is 3.10. The van der Waals surface area contributed by atoms with Gasteiger partial charge in [0.05, 0.1) is 0 Å². The van der Waals surface area contributed by atoms with Gasteiger partial charge < -0.3 is 10.4 Å². The van der Waals surface area contributed by atoms with E-state index in [9.17, 15) is 4.79 Å². The molecule has 0 aromatic heterocycles. The summed E-state index contributed by atoms with van der Waals surface area (Å²) in [5.74, 6) is 0.213. The van der Waals surface area contributed by atoms with Gasteiger partial charge in [-0.25, -0.2) is 0 Å². The molecule has 2 N–H and O–H groups in total. The smallest absolute Gasteiger partial charge is 0.320 e. The Morgan fingerprint density at radius 3 is 2.69 bits per heavy atom. The molecule has 2 rings (SSSR count). The van der Waals surface area contributed by atoms with Crippen LogP contribution in [-0.2, 0) is 4.79 Å². The molecule has 1 saturated heterocycles. The molecule has 0 spiro atoms. The fourth-order valence-electron chi connectivity index (χ4n) is 2.16. The highest BCUT2D eigenvalue weighted by atomic mass is 16.4. The molecule has 1 heterocycles. The van der Waals surface area contributed by atoms with Crippen molar-refractivity contribution in [2.45, 2.75) is 50.6 Å². The van der Waals surface area contributed by atoms with E-state index in [1.54, 1.807) is 0 Å². The van der Waals surface area contributed by atoms with Crippen LogP contribution in [0.5, 0.6) is 0 Å². The fraction of sp³-hybridized carbons (Fsp3) is 0.900. The Hall–Kier alpha value is -0.570. The summed E-state index contributed by atoms with van der Waals surface area (Å²) in [6, 6.07) is 0.194. The maximum absolute atomic E-state index is 10.7. The molecular formula is C10H17NO2. The molecular weight excluding hydrogens is 166 g/mol. The van der Waals surface area contributed by atoms with E-state index in [4.69, 9.17) is 5.11 Å². The lowest BCUT2D eigenvalue weighted by Gasteiger charge is -2.28. The lowest BCUT2D eigenvalue weighted by atomic mass is 9.95. The van der Waals surface area contributed by atoms with E-state index in [1.165, 1.54) is 25.7 Å². The number of carboxylic acids is 1. The summed E-state index contributed by atoms with van der Waals surface area (Å²) in [7, 11) is 0. The molecule has 3 heteroatoms. The van der Waals surface area contributed by atoms with Crippen LogP contribution < -0.4 is 5.32 Å². The Kier molecular flexibility index (Phi) is 2.54. The average molecular weight is 183 g/mol. The molecule has 2 unspecified atom stereocenters. The molecule has 0 aromatic carbocycles. The van der Waals surface area contributed by atoms with Gasteiger partial charge >= 0.3 is 5.97 Å². The van der Waals surface area contributed by atoms with Crippen molar-refractivity contribution in [1.29, 1.82) is 0 Å². The number of carbonyl (C=O) groups is 1. The van der Waals surface area contributed by atoms with Crippen LogP contribution in [0.1, 0.15) is 38.5 Å². The minimum absolute atomic E-state index is 0.280. The van der Waals surface area contributed by atoms with E-state index in [1.807, 2.05) is 0 Å². The molecule has 0 amide bonds. The van der Waals surface area contributed by atoms with Gasteiger partial charge in [0.2, 0.25) is 0 Å². The molecule has 2 fully saturated rings. The van der Waals surface area contributed by atoms with Crippen molar-refractivity contribution in [2.75, 3.05) is 0 Å². The van der Waals surface area contributed by atoms with Crippen LogP contribution in [0.3, 0.4) is 0 Å². The SMILES string of the molecule is O=C(O)C1CCCC(CC2CC2)N1. The highest BCUT2D eigenvalue weighted by Gasteiger charge is 2.30. The van der Waals surface area contributed by atoms with Gasteiger partial charge in [0.15, 0.2) is 0 Å². The minimum atomic E-state index is -0.680. The topological polar surface area (TPSA) is 49.3 Å². The van der Waals surface area contributed by atoms with E-state index >= 15 is 0 Å². The normalized spacial score (nSPS) is 34.5. The average Bonchev–Trinajstić information content (AvgIpc) is 2.89. The molecule has 1 aliphatic heterocycles. The molecule has 0 bridgehead atoms. The summed E-state index contributed by atoms with van der Waals surface area (Å²) in [6.07, 6.45) is 6.95. The zero-order chi connectivity index (χ0) is 9.26. The van der Waals surface area contributed by atoms with E-state index in [0.29, 0.717) is 6.04 Å². The van der Waals surface area contributed by atoms with Gasteiger partial charge in [0.1, 0.15) is 6.04 Å². The highest BCUT2D eigenvalue weighted by molar-refractivity contribution is 5.73. The number of piperidine rings is 1. The van der Waals surface area contributed by atoms with Crippen molar-refractivity contribution >= 4 is 5.97 Å². The first-order valence-electron chi connectivity index (χ1n) is 5.24. The molecule has 2 aliphatic rings. The number of hydrogen-bond donors (Lipinski definition) is 2. The van der Waals surface area contributed by atoms with E-state index in [0.717, 1.165) is 18.8 Å². The van der Waals surface area contributed by atoms with Gasteiger partial charge in [-0.3, -0.25) is 4.79 Å². The number of rotatable bonds is 3. The molecule has 1 aliphatic carbocycles. The zero-order valence-electron chi connectivity index (χ0n) is 7.83. The first kappa shape index (κ1) is 9.00. The Morgan fingerprint density at radius 2 is 2.08 bits per heavy atom. The Labute approximate surface area is 78.5 Å². The third-order valence-corrected chi connectivity index (χ3v) is 3.10. The highest BCUT2D eigenvalue weighted by Crippen LogP contribution is 2.35. The second-order valence-corrected chi connectivity index (χ2v) is 4.36. The van der Waals surface area contributed by atoms with Gasteiger partial charge in [-0.05, 0) is 31.6 Å². The molecule has 0 aromatic rings. The van der Waals surface area contributed by atoms with E-state index in [-0.39, 0.29) is 6.04 Å². The molecule has 13 heavy (non-hydrogen) atoms. The maximum Gasteiger partial charge on any atom is 0.320 e. The fourth-order valence-corrected chi connectivity index (χ4v) is 2.16. The second-order valence-electron chi connectivity index (χ2n) is 4.36. The van der Waals surface area contributed by atoms with Crippen LogP contribution in [0.15, 0.2) is 0 Å². The summed E-state index contributed by atoms with van der Waals surface area (Å²) in [4.78, 5) is 10.7. The van der Waals surface area contributed by atoms with Gasteiger partial charge in [-0.2, -0.15) is 0 Å². The molecule has 1 saturated carbocycles. The Morgan fingerprint density at radius 1 is 1.31 bits per heavy atom. The van der Waals surface area contributed by atoms with Gasteiger partial charge in [0.25, 0.3) is 0 Å². The predicted molar refractivity (Wildman–Crippen MR) is 49.5 cm³/mol. The summed E-state index contributed by atoms with van der Waals surface area (Å²) < 4.78 is 0. The minimum Gasteiger partial charge on any atom is -0.480 e. The van der Waals surface area contributed by atoms with Crippen LogP contribution in [0, 0.1) is 5.92 Å². The van der Waals surface area contributed by atoms with Gasteiger partial charge in [-0.1, -0.05) is 12.8 Å². The predicted octanol–water partition coefficient (Wildman–Crippen LogP) is 1.38. The Bertz CT molecular complexity index is 201. The lowest BCUT2D eigenvalue weighted by Crippen LogP contribution is -2.46. The molecule has 2 atom stereocenters. The van der Waals surface area contributed by atoms with E-state index in [2.05, 4.69) is 5.32 Å². The molecule has 0 radical (unpaired) electrons. The number of nitrogens with one attached hydrogen (secondary N) is 1. The first-order chi connectivity index (χ1) is 6.25. The summed E-state index contributed by atoms with van der Waals surface area (Å²) >= 11 is 0. The van der Waals surface area contributed by atoms with Gasteiger partial charge in [-0.15, -0.1) is 0 Å². The quantitative estimate of drug-likeness (QED) is 0.695. The molecule has 3 nitrogen and oxygen atoms in total. The molecule has 74 valence electrons. The van der Waals surface area contributed by atoms with Crippen molar-refractivity contribution in [2.24, 2.45) is 5.92 Å². The number of hydrogen-bond acceptors (Lipinski definition) is 2. The van der Waals surface area contributed by atoms with Crippen molar-refractivity contribution in [3.63, 3.8) is 0 Å². The number of carboxylic acid groups (broad SMARTS) is 1. The van der Waals surface area contributed by atoms with Crippen LogP contribution in [0.4, 0.5) is 0 Å². The maximum atomic E-state index is 10.7. The van der Waals surface area contributed by atoms with Gasteiger partial charge in [0, 0.05) is 6.04 Å². The zero-order valence-corrected chi connectivity index (χ0v) is 7.83. The van der Waals surface area contributed by atoms with Crippen LogP contribution in [0.25, 0.3) is 0 Å². The van der Waals surface area contributed by atoms with Crippen molar-refractivity contribution in [3.05, 3.63) is 0 Å². The van der Waals surface area contributed by atoms with Crippen LogP contribution in [-0.4, -0.2) is 23.2 Å². The standard InChI is InChI=1S/C10H17NO2/c12-10(13)9-3-1-2-8(11-9)6-7-4-5-7/h7-9,11H,1-6H2,(H,12,13). The Balaban J connectivity index is 1.80. The number of aliphatic carboxylic acids is 1. The largest absolute Gasteiger partial charge is 0.480 e. The van der Waals surface area contributed by atoms with Crippen molar-refractivity contribution in [1.82, 2.24) is 5.32 Å². The summed E-state index contributed by atoms with van der Waals surface area (Å²) in [5.41, 5.74) is 0. The lowest BCUT2D eigenvalue weighted by molar-refractivity contribution is -0.140. The van der Waals surface area contributed by atoms with Crippen LogP contribution >= 0.6 is 0 Å². The van der Waals surface area contributed by atoms with Crippen molar-refractivity contribution in [3.8, 4) is 0 Å². The van der Waals surface area contributed by atoms with Crippen molar-refractivity contribution < 1.29 is 9.90 Å². The third kappa shape index (κ3) is 2.44. The summed E-state index contributed by atoms with van der Waals surface area (Å²) in [6.45, 7) is 0. The van der Waals surface area contributed by atoms with Crippen LogP contribution in [0.2, 0.25) is 0 Å². The second kappa shape index (κ2) is 3.66. The monoisotopic (exact) mass is 183 g/mol. The summed E-state index contributed by atoms with van der Waals surface area (Å²) in [5, 5.41) is 12.1. The first-order valence-corrected chi connectivity index (χ1v) is 5.24.